The topological polar surface area (TPSA) is 84.0 Å². The number of para-hydroxylation sites is 1. The maximum Gasteiger partial charge on any atom is 0.333 e. The van der Waals surface area contributed by atoms with Crippen molar-refractivity contribution in [3.8, 4) is 5.69 Å². The first-order chi connectivity index (χ1) is 12.4. The van der Waals surface area contributed by atoms with Gasteiger partial charge in [0.15, 0.2) is 0 Å². The Balaban J connectivity index is 2.05. The van der Waals surface area contributed by atoms with Crippen molar-refractivity contribution in [3.63, 3.8) is 0 Å². The number of benzene rings is 2. The molecule has 2 aromatic carbocycles. The normalized spacial score (nSPS) is 10.6. The average molecular weight is 349 g/mol. The third kappa shape index (κ3) is 3.21. The molecule has 1 amide bonds. The highest BCUT2D eigenvalue weighted by Crippen LogP contribution is 2.19. The van der Waals surface area contributed by atoms with Crippen molar-refractivity contribution in [3.05, 3.63) is 91.8 Å². The molecule has 132 valence electrons. The Hall–Kier alpha value is -3.41. The zero-order chi connectivity index (χ0) is 18.8. The Morgan fingerprint density at radius 2 is 1.58 bits per heavy atom. The van der Waals surface area contributed by atoms with E-state index < -0.39 is 17.2 Å². The third-order valence-electron chi connectivity index (χ3n) is 4.23. The molecule has 0 aliphatic rings. The van der Waals surface area contributed by atoms with Gasteiger partial charge in [0.25, 0.3) is 11.5 Å². The molecule has 6 nitrogen and oxygen atoms in total. The number of carbonyl (C=O) groups is 1. The number of amides is 1. The van der Waals surface area contributed by atoms with Crippen LogP contribution in [0.5, 0.6) is 0 Å². The number of hydrogen-bond donors (Lipinski definition) is 2. The van der Waals surface area contributed by atoms with Gasteiger partial charge in [0.2, 0.25) is 0 Å². The van der Waals surface area contributed by atoms with Gasteiger partial charge in [-0.05, 0) is 44.0 Å². The predicted molar refractivity (Wildman–Crippen MR) is 101 cm³/mol. The van der Waals surface area contributed by atoms with E-state index in [2.05, 4.69) is 10.3 Å². The van der Waals surface area contributed by atoms with Crippen LogP contribution in [-0.2, 0) is 0 Å². The lowest BCUT2D eigenvalue weighted by Crippen LogP contribution is -2.38. The number of aromatic nitrogens is 2. The van der Waals surface area contributed by atoms with E-state index in [1.807, 2.05) is 39.0 Å². The molecule has 0 spiro atoms. The summed E-state index contributed by atoms with van der Waals surface area (Å²) < 4.78 is 0.957. The van der Waals surface area contributed by atoms with Crippen LogP contribution < -0.4 is 16.6 Å². The summed E-state index contributed by atoms with van der Waals surface area (Å²) >= 11 is 0. The third-order valence-corrected chi connectivity index (χ3v) is 4.23. The van der Waals surface area contributed by atoms with Crippen LogP contribution in [0.2, 0.25) is 0 Å². The lowest BCUT2D eigenvalue weighted by molar-refractivity contribution is 0.102. The standard InChI is InChI=1S/C20H19N3O3/c1-12-7-9-15(10-8-12)23-19(25)16(11-21-20(23)26)18(24)22-17-13(2)5-4-6-14(17)3/h4-11H,1-3H3,(H,21,26)(H,22,24). The maximum atomic E-state index is 12.8. The van der Waals surface area contributed by atoms with E-state index in [1.165, 1.54) is 0 Å². The van der Waals surface area contributed by atoms with Crippen LogP contribution in [-0.4, -0.2) is 15.5 Å². The van der Waals surface area contributed by atoms with Crippen LogP contribution >= 0.6 is 0 Å². The quantitative estimate of drug-likeness (QED) is 0.762. The monoisotopic (exact) mass is 349 g/mol. The van der Waals surface area contributed by atoms with Gasteiger partial charge in [0, 0.05) is 11.9 Å². The second-order valence-corrected chi connectivity index (χ2v) is 6.20. The van der Waals surface area contributed by atoms with E-state index in [4.69, 9.17) is 0 Å². The summed E-state index contributed by atoms with van der Waals surface area (Å²) in [5.74, 6) is -0.565. The molecule has 2 N–H and O–H groups in total. The molecule has 0 saturated heterocycles. The molecule has 0 saturated carbocycles. The lowest BCUT2D eigenvalue weighted by Gasteiger charge is -2.12. The van der Waals surface area contributed by atoms with Gasteiger partial charge in [-0.1, -0.05) is 35.9 Å². The van der Waals surface area contributed by atoms with Crippen molar-refractivity contribution in [2.75, 3.05) is 5.32 Å². The summed E-state index contributed by atoms with van der Waals surface area (Å²) in [6.45, 7) is 5.66. The minimum Gasteiger partial charge on any atom is -0.321 e. The van der Waals surface area contributed by atoms with Crippen LogP contribution in [0.4, 0.5) is 5.69 Å². The Kier molecular flexibility index (Phi) is 4.58. The SMILES string of the molecule is Cc1ccc(-n2c(=O)[nH]cc(C(=O)Nc3c(C)cccc3C)c2=O)cc1. The van der Waals surface area contributed by atoms with Gasteiger partial charge < -0.3 is 10.3 Å². The fourth-order valence-electron chi connectivity index (χ4n) is 2.76. The second-order valence-electron chi connectivity index (χ2n) is 6.20. The summed E-state index contributed by atoms with van der Waals surface area (Å²) in [6, 6.07) is 12.6. The predicted octanol–water partition coefficient (Wildman–Crippen LogP) is 2.70. The number of aryl methyl sites for hydroxylation is 3. The first-order valence-corrected chi connectivity index (χ1v) is 8.18. The molecule has 26 heavy (non-hydrogen) atoms. The van der Waals surface area contributed by atoms with E-state index in [-0.39, 0.29) is 5.56 Å². The van der Waals surface area contributed by atoms with Gasteiger partial charge in [-0.25, -0.2) is 9.36 Å². The molecule has 0 radical (unpaired) electrons. The van der Waals surface area contributed by atoms with Crippen molar-refractivity contribution in [1.82, 2.24) is 9.55 Å². The number of nitrogens with zero attached hydrogens (tertiary/aromatic N) is 1. The smallest absolute Gasteiger partial charge is 0.321 e. The number of nitrogens with one attached hydrogen (secondary N) is 2. The molecule has 3 aromatic rings. The number of carbonyl (C=O) groups excluding carboxylic acids is 1. The highest BCUT2D eigenvalue weighted by atomic mass is 16.2. The summed E-state index contributed by atoms with van der Waals surface area (Å²) in [5.41, 5.74) is 2.45. The van der Waals surface area contributed by atoms with Crippen molar-refractivity contribution in [1.29, 1.82) is 0 Å². The van der Waals surface area contributed by atoms with Crippen molar-refractivity contribution >= 4 is 11.6 Å². The van der Waals surface area contributed by atoms with Crippen LogP contribution in [0.15, 0.2) is 58.3 Å². The zero-order valence-electron chi connectivity index (χ0n) is 14.8. The van der Waals surface area contributed by atoms with Crippen LogP contribution in [0.25, 0.3) is 5.69 Å². The van der Waals surface area contributed by atoms with Gasteiger partial charge in [0.1, 0.15) is 5.56 Å². The van der Waals surface area contributed by atoms with E-state index in [0.717, 1.165) is 27.5 Å². The summed E-state index contributed by atoms with van der Waals surface area (Å²) in [5, 5.41) is 2.77. The van der Waals surface area contributed by atoms with Crippen LogP contribution in [0, 0.1) is 20.8 Å². The van der Waals surface area contributed by atoms with Gasteiger partial charge in [-0.2, -0.15) is 0 Å². The fourth-order valence-corrected chi connectivity index (χ4v) is 2.76. The molecule has 3 rings (SSSR count). The van der Waals surface area contributed by atoms with E-state index in [9.17, 15) is 14.4 Å². The first kappa shape index (κ1) is 17.4. The maximum absolute atomic E-state index is 12.8. The molecule has 1 aromatic heterocycles. The minimum atomic E-state index is -0.665. The Bertz CT molecular complexity index is 1070. The lowest BCUT2D eigenvalue weighted by atomic mass is 10.1. The minimum absolute atomic E-state index is 0.132. The molecule has 0 aliphatic heterocycles. The molecular formula is C20H19N3O3. The highest BCUT2D eigenvalue weighted by Gasteiger charge is 2.17. The number of H-pyrrole nitrogens is 1. The Morgan fingerprint density at radius 1 is 0.962 bits per heavy atom. The second kappa shape index (κ2) is 6.84. The van der Waals surface area contributed by atoms with E-state index in [1.54, 1.807) is 24.3 Å². The number of aromatic amines is 1. The highest BCUT2D eigenvalue weighted by molar-refractivity contribution is 6.04. The van der Waals surface area contributed by atoms with Crippen LogP contribution in [0.3, 0.4) is 0 Å². The summed E-state index contributed by atoms with van der Waals surface area (Å²) in [4.78, 5) is 40.0. The molecular weight excluding hydrogens is 330 g/mol. The zero-order valence-corrected chi connectivity index (χ0v) is 14.8. The molecule has 6 heteroatoms. The average Bonchev–Trinajstić information content (AvgIpc) is 2.60. The molecule has 0 fully saturated rings. The van der Waals surface area contributed by atoms with Crippen molar-refractivity contribution < 1.29 is 4.79 Å². The van der Waals surface area contributed by atoms with Gasteiger partial charge >= 0.3 is 5.69 Å². The van der Waals surface area contributed by atoms with Crippen LogP contribution in [0.1, 0.15) is 27.0 Å². The largest absolute Gasteiger partial charge is 0.333 e. The summed E-state index contributed by atoms with van der Waals surface area (Å²) in [7, 11) is 0. The van der Waals surface area contributed by atoms with Gasteiger partial charge in [-0.15, -0.1) is 0 Å². The molecule has 0 aliphatic carbocycles. The van der Waals surface area contributed by atoms with E-state index in [0.29, 0.717) is 11.4 Å². The molecule has 0 bridgehead atoms. The van der Waals surface area contributed by atoms with Crippen molar-refractivity contribution in [2.24, 2.45) is 0 Å². The van der Waals surface area contributed by atoms with Crippen molar-refractivity contribution in [2.45, 2.75) is 20.8 Å². The Morgan fingerprint density at radius 3 is 2.19 bits per heavy atom. The summed E-state index contributed by atoms with van der Waals surface area (Å²) in [6.07, 6.45) is 1.15. The Labute approximate surface area is 150 Å². The fraction of sp³-hybridized carbons (Fsp3) is 0.150. The van der Waals surface area contributed by atoms with E-state index >= 15 is 0 Å². The number of hydrogen-bond acceptors (Lipinski definition) is 3. The molecule has 0 unspecified atom stereocenters. The van der Waals surface area contributed by atoms with Gasteiger partial charge in [-0.3, -0.25) is 9.59 Å². The molecule has 0 atom stereocenters. The number of anilines is 1. The number of rotatable bonds is 3. The first-order valence-electron chi connectivity index (χ1n) is 8.18. The van der Waals surface area contributed by atoms with Gasteiger partial charge in [0.05, 0.1) is 5.69 Å². The molecule has 1 heterocycles.